The van der Waals surface area contributed by atoms with Crippen LogP contribution < -0.4 is 0 Å². The number of nitrogens with zero attached hydrogens (tertiary/aromatic N) is 1. The monoisotopic (exact) mass is 285 g/mol. The lowest BCUT2D eigenvalue weighted by molar-refractivity contribution is -0.153. The van der Waals surface area contributed by atoms with Gasteiger partial charge >= 0.3 is 11.9 Å². The molecule has 0 spiro atoms. The maximum atomic E-state index is 12.4. The van der Waals surface area contributed by atoms with Gasteiger partial charge in [-0.25, -0.2) is 0 Å². The molecule has 6 heteroatoms. The van der Waals surface area contributed by atoms with Gasteiger partial charge in [-0.05, 0) is 26.2 Å². The minimum Gasteiger partial charge on any atom is -0.481 e. The molecule has 6 nitrogen and oxygen atoms in total. The number of carbonyl (C=O) groups excluding carboxylic acids is 2. The van der Waals surface area contributed by atoms with Crippen LogP contribution in [-0.4, -0.2) is 47.5 Å². The third-order valence-corrected chi connectivity index (χ3v) is 3.58. The Hall–Kier alpha value is -1.59. The Balaban J connectivity index is 2.72. The first-order valence-corrected chi connectivity index (χ1v) is 7.18. The van der Waals surface area contributed by atoms with Crippen molar-refractivity contribution < 1.29 is 24.2 Å². The molecule has 1 fully saturated rings. The fraction of sp³-hybridized carbons (Fsp3) is 0.786. The lowest BCUT2D eigenvalue weighted by atomic mass is 9.94. The van der Waals surface area contributed by atoms with Crippen molar-refractivity contribution in [3.05, 3.63) is 0 Å². The van der Waals surface area contributed by atoms with E-state index >= 15 is 0 Å². The van der Waals surface area contributed by atoms with Crippen LogP contribution in [0.1, 0.15) is 39.5 Å². The molecule has 2 unspecified atom stereocenters. The lowest BCUT2D eigenvalue weighted by Gasteiger charge is -2.26. The summed E-state index contributed by atoms with van der Waals surface area (Å²) in [7, 11) is 0. The van der Waals surface area contributed by atoms with E-state index in [1.54, 1.807) is 6.92 Å². The van der Waals surface area contributed by atoms with E-state index in [0.717, 1.165) is 12.8 Å². The highest BCUT2D eigenvalue weighted by molar-refractivity contribution is 5.87. The van der Waals surface area contributed by atoms with Crippen LogP contribution in [0, 0.1) is 11.8 Å². The number of hydrogen-bond acceptors (Lipinski definition) is 4. The average molecular weight is 285 g/mol. The second-order valence-corrected chi connectivity index (χ2v) is 5.05. The van der Waals surface area contributed by atoms with Gasteiger partial charge in [0, 0.05) is 6.54 Å². The van der Waals surface area contributed by atoms with E-state index in [1.807, 2.05) is 6.92 Å². The largest absolute Gasteiger partial charge is 0.481 e. The van der Waals surface area contributed by atoms with Crippen LogP contribution in [0.15, 0.2) is 0 Å². The topological polar surface area (TPSA) is 83.9 Å². The number of rotatable bonds is 7. The maximum Gasteiger partial charge on any atom is 0.325 e. The number of amides is 1. The highest BCUT2D eigenvalue weighted by atomic mass is 16.5. The van der Waals surface area contributed by atoms with Gasteiger partial charge in [0.05, 0.1) is 18.4 Å². The first-order chi connectivity index (χ1) is 9.51. The molecule has 1 saturated carbocycles. The molecule has 1 aliphatic rings. The number of ether oxygens (including phenoxy) is 1. The van der Waals surface area contributed by atoms with Gasteiger partial charge < -0.3 is 14.7 Å². The smallest absolute Gasteiger partial charge is 0.325 e. The molecule has 1 rings (SSSR count). The predicted octanol–water partition coefficient (Wildman–Crippen LogP) is 1.29. The van der Waals surface area contributed by atoms with Crippen molar-refractivity contribution in [1.82, 2.24) is 4.90 Å². The minimum absolute atomic E-state index is 0.0939. The third kappa shape index (κ3) is 4.21. The second kappa shape index (κ2) is 7.87. The summed E-state index contributed by atoms with van der Waals surface area (Å²) in [6, 6.07) is 0. The molecule has 0 aromatic carbocycles. The van der Waals surface area contributed by atoms with Gasteiger partial charge in [-0.2, -0.15) is 0 Å². The quantitative estimate of drug-likeness (QED) is 0.712. The van der Waals surface area contributed by atoms with E-state index in [1.165, 1.54) is 4.90 Å². The van der Waals surface area contributed by atoms with Crippen molar-refractivity contribution in [3.63, 3.8) is 0 Å². The Kier molecular flexibility index (Phi) is 6.48. The van der Waals surface area contributed by atoms with Gasteiger partial charge in [0.15, 0.2) is 0 Å². The molecule has 0 radical (unpaired) electrons. The standard InChI is InChI=1S/C14H23NO5/c1-3-8-15(9-12(16)20-4-2)13(17)10-6-5-7-11(10)14(18)19/h10-11H,3-9H2,1-2H3,(H,18,19). The van der Waals surface area contributed by atoms with Crippen LogP contribution in [0.4, 0.5) is 0 Å². The molecule has 2 atom stereocenters. The predicted molar refractivity (Wildman–Crippen MR) is 72.0 cm³/mol. The van der Waals surface area contributed by atoms with Crippen LogP contribution in [0.25, 0.3) is 0 Å². The van der Waals surface area contributed by atoms with Crippen LogP contribution >= 0.6 is 0 Å². The average Bonchev–Trinajstić information content (AvgIpc) is 2.87. The van der Waals surface area contributed by atoms with Crippen LogP contribution in [0.2, 0.25) is 0 Å². The molecule has 1 aliphatic carbocycles. The van der Waals surface area contributed by atoms with E-state index < -0.39 is 23.8 Å². The van der Waals surface area contributed by atoms with Gasteiger partial charge in [-0.3, -0.25) is 14.4 Å². The van der Waals surface area contributed by atoms with Gasteiger partial charge in [-0.15, -0.1) is 0 Å². The van der Waals surface area contributed by atoms with Crippen molar-refractivity contribution in [2.45, 2.75) is 39.5 Å². The zero-order valence-corrected chi connectivity index (χ0v) is 12.1. The van der Waals surface area contributed by atoms with E-state index in [9.17, 15) is 14.4 Å². The fourth-order valence-electron chi connectivity index (χ4n) is 2.69. The third-order valence-electron chi connectivity index (χ3n) is 3.58. The normalized spacial score (nSPS) is 21.5. The Labute approximate surface area is 119 Å². The molecule has 0 saturated heterocycles. The van der Waals surface area contributed by atoms with Crippen molar-refractivity contribution in [1.29, 1.82) is 0 Å². The first-order valence-electron chi connectivity index (χ1n) is 7.18. The Morgan fingerprint density at radius 1 is 1.20 bits per heavy atom. The van der Waals surface area contributed by atoms with E-state index in [-0.39, 0.29) is 19.1 Å². The molecular formula is C14H23NO5. The fourth-order valence-corrected chi connectivity index (χ4v) is 2.69. The molecule has 0 aromatic rings. The molecule has 114 valence electrons. The number of carbonyl (C=O) groups is 3. The molecule has 1 N–H and O–H groups in total. The molecule has 0 aliphatic heterocycles. The summed E-state index contributed by atoms with van der Waals surface area (Å²) in [5.41, 5.74) is 0. The Morgan fingerprint density at radius 3 is 2.40 bits per heavy atom. The SMILES string of the molecule is CCCN(CC(=O)OCC)C(=O)C1CCCC1C(=O)O. The molecule has 0 heterocycles. The molecule has 0 aromatic heterocycles. The van der Waals surface area contributed by atoms with Gasteiger partial charge in [0.25, 0.3) is 0 Å². The summed E-state index contributed by atoms with van der Waals surface area (Å²) in [6.45, 7) is 4.24. The van der Waals surface area contributed by atoms with E-state index in [4.69, 9.17) is 9.84 Å². The summed E-state index contributed by atoms with van der Waals surface area (Å²) < 4.78 is 4.86. The van der Waals surface area contributed by atoms with Crippen molar-refractivity contribution in [2.24, 2.45) is 11.8 Å². The first kappa shape index (κ1) is 16.5. The highest BCUT2D eigenvalue weighted by Gasteiger charge is 2.39. The molecule has 1 amide bonds. The summed E-state index contributed by atoms with van der Waals surface area (Å²) >= 11 is 0. The summed E-state index contributed by atoms with van der Waals surface area (Å²) in [5, 5.41) is 9.15. The van der Waals surface area contributed by atoms with Gasteiger partial charge in [0.1, 0.15) is 6.54 Å². The van der Waals surface area contributed by atoms with Crippen LogP contribution in [-0.2, 0) is 19.1 Å². The van der Waals surface area contributed by atoms with Gasteiger partial charge in [0.2, 0.25) is 5.91 Å². The zero-order chi connectivity index (χ0) is 15.1. The minimum atomic E-state index is -0.923. The molecule has 0 bridgehead atoms. The van der Waals surface area contributed by atoms with Crippen molar-refractivity contribution in [2.75, 3.05) is 19.7 Å². The van der Waals surface area contributed by atoms with E-state index in [2.05, 4.69) is 0 Å². The van der Waals surface area contributed by atoms with Crippen LogP contribution in [0.5, 0.6) is 0 Å². The maximum absolute atomic E-state index is 12.4. The van der Waals surface area contributed by atoms with Crippen LogP contribution in [0.3, 0.4) is 0 Å². The number of hydrogen-bond donors (Lipinski definition) is 1. The lowest BCUT2D eigenvalue weighted by Crippen LogP contribution is -2.42. The highest BCUT2D eigenvalue weighted by Crippen LogP contribution is 2.33. The molecular weight excluding hydrogens is 262 g/mol. The summed E-state index contributed by atoms with van der Waals surface area (Å²) in [4.78, 5) is 36.6. The number of carboxylic acids is 1. The Bertz CT molecular complexity index is 369. The van der Waals surface area contributed by atoms with Crippen molar-refractivity contribution >= 4 is 17.8 Å². The number of aliphatic carboxylic acids is 1. The van der Waals surface area contributed by atoms with Crippen molar-refractivity contribution in [3.8, 4) is 0 Å². The Morgan fingerprint density at radius 2 is 1.85 bits per heavy atom. The second-order valence-electron chi connectivity index (χ2n) is 5.05. The zero-order valence-electron chi connectivity index (χ0n) is 12.1. The summed E-state index contributed by atoms with van der Waals surface area (Å²) in [5.74, 6) is -2.73. The summed E-state index contributed by atoms with van der Waals surface area (Å²) in [6.07, 6.45) is 2.58. The van der Waals surface area contributed by atoms with E-state index in [0.29, 0.717) is 19.4 Å². The van der Waals surface area contributed by atoms with Gasteiger partial charge in [-0.1, -0.05) is 13.3 Å². The number of carboxylic acid groups (broad SMARTS) is 1. The number of esters is 1. The molecule has 20 heavy (non-hydrogen) atoms.